The second kappa shape index (κ2) is 7.56. The zero-order valence-corrected chi connectivity index (χ0v) is 15.5. The highest BCUT2D eigenvalue weighted by Crippen LogP contribution is 2.31. The number of alkyl halides is 3. The Morgan fingerprint density at radius 3 is 2.42 bits per heavy atom. The van der Waals surface area contributed by atoms with Gasteiger partial charge < -0.3 is 14.5 Å². The van der Waals surface area contributed by atoms with Gasteiger partial charge in [-0.25, -0.2) is 4.98 Å². The zero-order chi connectivity index (χ0) is 18.9. The molecule has 3 heterocycles. The van der Waals surface area contributed by atoms with Crippen molar-refractivity contribution in [3.8, 4) is 0 Å². The minimum absolute atomic E-state index is 0.164. The first-order valence-electron chi connectivity index (χ1n) is 8.98. The molecule has 1 atom stereocenters. The predicted octanol–water partition coefficient (Wildman–Crippen LogP) is 2.25. The second-order valence-corrected chi connectivity index (χ2v) is 7.20. The fourth-order valence-electron chi connectivity index (χ4n) is 3.55. The van der Waals surface area contributed by atoms with Gasteiger partial charge >= 0.3 is 6.18 Å². The predicted molar refractivity (Wildman–Crippen MR) is 93.6 cm³/mol. The molecule has 0 saturated carbocycles. The fraction of sp³-hybridized carbons (Fsp3) is 0.765. The lowest BCUT2D eigenvalue weighted by atomic mass is 10.0. The van der Waals surface area contributed by atoms with Gasteiger partial charge in [0.25, 0.3) is 0 Å². The molecule has 1 aromatic heterocycles. The minimum atomic E-state index is -4.48. The summed E-state index contributed by atoms with van der Waals surface area (Å²) in [7, 11) is 3.36. The van der Waals surface area contributed by atoms with Gasteiger partial charge in [0.15, 0.2) is 5.69 Å². The Labute approximate surface area is 151 Å². The van der Waals surface area contributed by atoms with Gasteiger partial charge in [-0.1, -0.05) is 0 Å². The van der Waals surface area contributed by atoms with Crippen molar-refractivity contribution < 1.29 is 17.9 Å². The number of rotatable bonds is 3. The smallest absolute Gasteiger partial charge is 0.376 e. The summed E-state index contributed by atoms with van der Waals surface area (Å²) in [6.45, 7) is 5.95. The van der Waals surface area contributed by atoms with Crippen molar-refractivity contribution in [2.75, 3.05) is 56.7 Å². The molecule has 146 valence electrons. The molecule has 2 aliphatic heterocycles. The zero-order valence-electron chi connectivity index (χ0n) is 15.5. The molecule has 2 fully saturated rings. The minimum Gasteiger partial charge on any atom is -0.376 e. The largest absolute Gasteiger partial charge is 0.433 e. The summed E-state index contributed by atoms with van der Waals surface area (Å²) in [4.78, 5) is 14.0. The van der Waals surface area contributed by atoms with Gasteiger partial charge in [-0.15, -0.1) is 0 Å². The number of hydrogen-bond acceptors (Lipinski definition) is 6. The molecule has 2 aliphatic rings. The Kier molecular flexibility index (Phi) is 5.57. The number of anilines is 2. The van der Waals surface area contributed by atoms with E-state index in [4.69, 9.17) is 4.74 Å². The molecular weight excluding hydrogens is 347 g/mol. The lowest BCUT2D eigenvalue weighted by molar-refractivity contribution is -0.141. The topological polar surface area (TPSA) is 44.7 Å². The molecule has 0 bridgehead atoms. The summed E-state index contributed by atoms with van der Waals surface area (Å²) in [6, 6.07) is 1.43. The molecule has 0 N–H and O–H groups in total. The third-order valence-electron chi connectivity index (χ3n) is 4.99. The number of ether oxygens (including phenoxy) is 1. The Balaban J connectivity index is 1.71. The van der Waals surface area contributed by atoms with Gasteiger partial charge in [0.05, 0.1) is 12.7 Å². The standard InChI is InChI=1S/C17H26F3N5O/c1-12-11-25(8-9-26-12)13-4-6-24(7-5-13)16-21-14(17(18,19)20)10-15(22-16)23(2)3/h10,12-13H,4-9,11H2,1-3H3. The van der Waals surface area contributed by atoms with Gasteiger partial charge in [-0.2, -0.15) is 18.2 Å². The van der Waals surface area contributed by atoms with E-state index in [1.54, 1.807) is 19.0 Å². The first-order chi connectivity index (χ1) is 12.2. The number of aromatic nitrogens is 2. The van der Waals surface area contributed by atoms with Crippen LogP contribution in [0.3, 0.4) is 0 Å². The molecular formula is C17H26F3N5O. The summed E-state index contributed by atoms with van der Waals surface area (Å²) in [6.07, 6.45) is -2.46. The van der Waals surface area contributed by atoms with E-state index in [0.717, 1.165) is 38.6 Å². The van der Waals surface area contributed by atoms with E-state index >= 15 is 0 Å². The van der Waals surface area contributed by atoms with E-state index in [1.165, 1.54) is 0 Å². The molecule has 6 nitrogen and oxygen atoms in total. The first-order valence-corrected chi connectivity index (χ1v) is 8.98. The Hall–Kier alpha value is -1.61. The van der Waals surface area contributed by atoms with Crippen LogP contribution in [0.1, 0.15) is 25.5 Å². The lowest BCUT2D eigenvalue weighted by Crippen LogP contribution is -2.51. The van der Waals surface area contributed by atoms with Crippen LogP contribution in [0.15, 0.2) is 6.07 Å². The summed E-state index contributed by atoms with van der Waals surface area (Å²) in [5.74, 6) is 0.434. The van der Waals surface area contributed by atoms with Crippen molar-refractivity contribution in [3.05, 3.63) is 11.8 Å². The Bertz CT molecular complexity index is 617. The summed E-state index contributed by atoms with van der Waals surface area (Å²) in [5, 5.41) is 0. The molecule has 26 heavy (non-hydrogen) atoms. The van der Waals surface area contributed by atoms with Gasteiger partial charge in [0.1, 0.15) is 5.82 Å². The monoisotopic (exact) mass is 373 g/mol. The van der Waals surface area contributed by atoms with Crippen LogP contribution in [-0.4, -0.2) is 73.9 Å². The number of nitrogens with zero attached hydrogens (tertiary/aromatic N) is 5. The maximum atomic E-state index is 13.2. The van der Waals surface area contributed by atoms with Crippen molar-refractivity contribution in [2.24, 2.45) is 0 Å². The van der Waals surface area contributed by atoms with E-state index in [0.29, 0.717) is 19.1 Å². The van der Waals surface area contributed by atoms with Crippen LogP contribution in [0.4, 0.5) is 24.9 Å². The summed E-state index contributed by atoms with van der Waals surface area (Å²) in [5.41, 5.74) is -0.893. The van der Waals surface area contributed by atoms with Gasteiger partial charge in [-0.3, -0.25) is 4.90 Å². The van der Waals surface area contributed by atoms with Crippen molar-refractivity contribution in [2.45, 2.75) is 38.1 Å². The average Bonchev–Trinajstić information content (AvgIpc) is 2.61. The van der Waals surface area contributed by atoms with E-state index in [1.807, 2.05) is 4.90 Å². The number of halogens is 3. The highest BCUT2D eigenvalue weighted by molar-refractivity contribution is 5.45. The molecule has 0 aliphatic carbocycles. The summed E-state index contributed by atoms with van der Waals surface area (Å²) >= 11 is 0. The molecule has 0 aromatic carbocycles. The molecule has 0 radical (unpaired) electrons. The third-order valence-corrected chi connectivity index (χ3v) is 4.99. The van der Waals surface area contributed by atoms with Crippen molar-refractivity contribution in [3.63, 3.8) is 0 Å². The van der Waals surface area contributed by atoms with Crippen LogP contribution in [0, 0.1) is 0 Å². The third kappa shape index (κ3) is 4.37. The normalized spacial score (nSPS) is 23.3. The van der Waals surface area contributed by atoms with Crippen molar-refractivity contribution in [1.82, 2.24) is 14.9 Å². The van der Waals surface area contributed by atoms with Crippen LogP contribution >= 0.6 is 0 Å². The van der Waals surface area contributed by atoms with E-state index in [-0.39, 0.29) is 17.9 Å². The molecule has 3 rings (SSSR count). The molecule has 2 saturated heterocycles. The molecule has 9 heteroatoms. The van der Waals surface area contributed by atoms with Gasteiger partial charge in [0.2, 0.25) is 5.95 Å². The molecule has 0 spiro atoms. The van der Waals surface area contributed by atoms with Crippen LogP contribution in [0.5, 0.6) is 0 Å². The van der Waals surface area contributed by atoms with Crippen LogP contribution in [0.25, 0.3) is 0 Å². The average molecular weight is 373 g/mol. The van der Waals surface area contributed by atoms with E-state index in [9.17, 15) is 13.2 Å². The summed E-state index contributed by atoms with van der Waals surface area (Å²) < 4.78 is 45.1. The number of morpholine rings is 1. The number of hydrogen-bond donors (Lipinski definition) is 0. The lowest BCUT2D eigenvalue weighted by Gasteiger charge is -2.41. The van der Waals surface area contributed by atoms with E-state index < -0.39 is 11.9 Å². The quantitative estimate of drug-likeness (QED) is 0.810. The second-order valence-electron chi connectivity index (χ2n) is 7.20. The van der Waals surface area contributed by atoms with Gasteiger partial charge in [0, 0.05) is 52.4 Å². The highest BCUT2D eigenvalue weighted by atomic mass is 19.4. The van der Waals surface area contributed by atoms with E-state index in [2.05, 4.69) is 21.8 Å². The Morgan fingerprint density at radius 2 is 1.85 bits per heavy atom. The van der Waals surface area contributed by atoms with Crippen molar-refractivity contribution >= 4 is 11.8 Å². The first kappa shape index (κ1) is 19.2. The highest BCUT2D eigenvalue weighted by Gasteiger charge is 2.35. The van der Waals surface area contributed by atoms with Crippen LogP contribution < -0.4 is 9.80 Å². The van der Waals surface area contributed by atoms with Crippen molar-refractivity contribution in [1.29, 1.82) is 0 Å². The maximum absolute atomic E-state index is 13.2. The van der Waals surface area contributed by atoms with Crippen LogP contribution in [0.2, 0.25) is 0 Å². The molecule has 1 aromatic rings. The van der Waals surface area contributed by atoms with Gasteiger partial charge in [-0.05, 0) is 19.8 Å². The SMILES string of the molecule is CC1CN(C2CCN(c3nc(N(C)C)cc(C(F)(F)F)n3)CC2)CCO1. The maximum Gasteiger partial charge on any atom is 0.433 e. The fourth-order valence-corrected chi connectivity index (χ4v) is 3.55. The van der Waals surface area contributed by atoms with Crippen LogP contribution in [-0.2, 0) is 10.9 Å². The molecule has 0 amide bonds. The molecule has 1 unspecified atom stereocenters. The Morgan fingerprint density at radius 1 is 1.15 bits per heavy atom. The number of piperidine rings is 1.